The minimum atomic E-state index is -0.254. The summed E-state index contributed by atoms with van der Waals surface area (Å²) in [7, 11) is 0. The quantitative estimate of drug-likeness (QED) is 0.721. The van der Waals surface area contributed by atoms with Crippen molar-refractivity contribution in [1.82, 2.24) is 29.3 Å². The Hall–Kier alpha value is -2.94. The van der Waals surface area contributed by atoms with Gasteiger partial charge in [0.1, 0.15) is 5.52 Å². The molecule has 0 radical (unpaired) electrons. The Labute approximate surface area is 154 Å². The molecular formula is C18H20N6O3. The second-order valence-electron chi connectivity index (χ2n) is 7.45. The molecule has 9 heteroatoms. The molecule has 0 saturated carbocycles. The second kappa shape index (κ2) is 5.78. The third-order valence-electron chi connectivity index (χ3n) is 5.74. The summed E-state index contributed by atoms with van der Waals surface area (Å²) >= 11 is 0. The van der Waals surface area contributed by atoms with Crippen molar-refractivity contribution in [2.24, 2.45) is 5.41 Å². The summed E-state index contributed by atoms with van der Waals surface area (Å²) in [4.78, 5) is 29.8. The van der Waals surface area contributed by atoms with Crippen LogP contribution in [0.2, 0.25) is 0 Å². The van der Waals surface area contributed by atoms with Crippen molar-refractivity contribution < 1.29 is 9.53 Å². The van der Waals surface area contributed by atoms with Gasteiger partial charge < -0.3 is 9.64 Å². The summed E-state index contributed by atoms with van der Waals surface area (Å²) in [6, 6.07) is 3.44. The molecule has 0 aromatic carbocycles. The van der Waals surface area contributed by atoms with E-state index in [1.54, 1.807) is 24.5 Å². The molecule has 0 bridgehead atoms. The van der Waals surface area contributed by atoms with Gasteiger partial charge in [-0.15, -0.1) is 5.10 Å². The predicted octanol–water partition coefficient (Wildman–Crippen LogP) is 0.769. The van der Waals surface area contributed by atoms with E-state index >= 15 is 0 Å². The number of carbonyl (C=O) groups is 1. The SMILES string of the molecule is Cc1c(C(=O)N2CCC3(CCOC3)C2)cnn1-c1nn2cccc2c(=O)[nH]1. The lowest BCUT2D eigenvalue weighted by Crippen LogP contribution is -2.32. The van der Waals surface area contributed by atoms with E-state index in [4.69, 9.17) is 4.74 Å². The van der Waals surface area contributed by atoms with Gasteiger partial charge in [-0.1, -0.05) is 0 Å². The Bertz CT molecular complexity index is 1090. The number of amides is 1. The van der Waals surface area contributed by atoms with Crippen LogP contribution in [0, 0.1) is 12.3 Å². The van der Waals surface area contributed by atoms with Crippen LogP contribution in [0.3, 0.4) is 0 Å². The summed E-state index contributed by atoms with van der Waals surface area (Å²) in [5, 5.41) is 8.67. The summed E-state index contributed by atoms with van der Waals surface area (Å²) in [5.41, 5.74) is 1.50. The minimum Gasteiger partial charge on any atom is -0.381 e. The van der Waals surface area contributed by atoms with Gasteiger partial charge >= 0.3 is 0 Å². The lowest BCUT2D eigenvalue weighted by atomic mass is 9.87. The molecular weight excluding hydrogens is 348 g/mol. The van der Waals surface area contributed by atoms with Crippen molar-refractivity contribution in [2.75, 3.05) is 26.3 Å². The highest BCUT2D eigenvalue weighted by atomic mass is 16.5. The first-order valence-electron chi connectivity index (χ1n) is 9.06. The Kier molecular flexibility index (Phi) is 3.48. The average molecular weight is 368 g/mol. The number of ether oxygens (including phenoxy) is 1. The fourth-order valence-corrected chi connectivity index (χ4v) is 4.11. The van der Waals surface area contributed by atoms with Gasteiger partial charge in [-0.2, -0.15) is 5.10 Å². The average Bonchev–Trinajstić information content (AvgIpc) is 3.43. The van der Waals surface area contributed by atoms with Crippen molar-refractivity contribution in [3.8, 4) is 5.95 Å². The number of aromatic amines is 1. The molecule has 1 unspecified atom stereocenters. The lowest BCUT2D eigenvalue weighted by Gasteiger charge is -2.21. The molecule has 1 N–H and O–H groups in total. The van der Waals surface area contributed by atoms with Crippen LogP contribution in [0.4, 0.5) is 0 Å². The number of carbonyl (C=O) groups excluding carboxylic acids is 1. The number of fused-ring (bicyclic) bond motifs is 1. The largest absolute Gasteiger partial charge is 0.381 e. The number of likely N-dealkylation sites (tertiary alicyclic amines) is 1. The first kappa shape index (κ1) is 16.2. The van der Waals surface area contributed by atoms with Gasteiger partial charge in [0.15, 0.2) is 0 Å². The van der Waals surface area contributed by atoms with E-state index in [1.165, 1.54) is 9.20 Å². The summed E-state index contributed by atoms with van der Waals surface area (Å²) in [6.45, 7) is 4.78. The number of hydrogen-bond acceptors (Lipinski definition) is 5. The molecule has 27 heavy (non-hydrogen) atoms. The molecule has 2 fully saturated rings. The van der Waals surface area contributed by atoms with E-state index in [2.05, 4.69) is 15.2 Å². The van der Waals surface area contributed by atoms with Crippen molar-refractivity contribution in [1.29, 1.82) is 0 Å². The smallest absolute Gasteiger partial charge is 0.276 e. The maximum Gasteiger partial charge on any atom is 0.276 e. The van der Waals surface area contributed by atoms with E-state index in [0.29, 0.717) is 16.8 Å². The lowest BCUT2D eigenvalue weighted by molar-refractivity contribution is 0.0765. The molecule has 9 nitrogen and oxygen atoms in total. The van der Waals surface area contributed by atoms with E-state index in [9.17, 15) is 9.59 Å². The van der Waals surface area contributed by atoms with E-state index in [1.807, 2.05) is 11.8 Å². The van der Waals surface area contributed by atoms with Crippen LogP contribution in [-0.4, -0.2) is 61.5 Å². The molecule has 1 amide bonds. The van der Waals surface area contributed by atoms with Crippen molar-refractivity contribution in [2.45, 2.75) is 19.8 Å². The van der Waals surface area contributed by atoms with Gasteiger partial charge in [0.25, 0.3) is 11.5 Å². The number of hydrogen-bond donors (Lipinski definition) is 1. The van der Waals surface area contributed by atoms with E-state index in [0.717, 1.165) is 39.1 Å². The first-order valence-corrected chi connectivity index (χ1v) is 9.06. The molecule has 2 aliphatic heterocycles. The normalized spacial score (nSPS) is 22.3. The number of nitrogens with one attached hydrogen (secondary N) is 1. The molecule has 1 atom stereocenters. The van der Waals surface area contributed by atoms with Crippen LogP contribution in [0.5, 0.6) is 0 Å². The number of aromatic nitrogens is 5. The van der Waals surface area contributed by atoms with Crippen LogP contribution in [0.15, 0.2) is 29.3 Å². The Morgan fingerprint density at radius 2 is 2.26 bits per heavy atom. The molecule has 0 aliphatic carbocycles. The molecule has 5 heterocycles. The van der Waals surface area contributed by atoms with Gasteiger partial charge in [0.2, 0.25) is 5.95 Å². The van der Waals surface area contributed by atoms with Crippen molar-refractivity contribution >= 4 is 11.4 Å². The highest BCUT2D eigenvalue weighted by molar-refractivity contribution is 5.95. The fraction of sp³-hybridized carbons (Fsp3) is 0.444. The van der Waals surface area contributed by atoms with Gasteiger partial charge in [-0.3, -0.25) is 14.6 Å². The second-order valence-corrected chi connectivity index (χ2v) is 7.45. The molecule has 3 aromatic rings. The Morgan fingerprint density at radius 3 is 3.07 bits per heavy atom. The third-order valence-corrected chi connectivity index (χ3v) is 5.74. The molecule has 2 aliphatic rings. The van der Waals surface area contributed by atoms with Crippen molar-refractivity contribution in [3.63, 3.8) is 0 Å². The molecule has 2 saturated heterocycles. The number of H-pyrrole nitrogens is 1. The Morgan fingerprint density at radius 1 is 1.37 bits per heavy atom. The molecule has 3 aromatic heterocycles. The zero-order chi connectivity index (χ0) is 18.6. The molecule has 140 valence electrons. The third kappa shape index (κ3) is 2.49. The number of rotatable bonds is 2. The fourth-order valence-electron chi connectivity index (χ4n) is 4.11. The number of nitrogens with zero attached hydrogens (tertiary/aromatic N) is 5. The van der Waals surface area contributed by atoms with Crippen LogP contribution in [0.1, 0.15) is 28.9 Å². The van der Waals surface area contributed by atoms with E-state index < -0.39 is 0 Å². The van der Waals surface area contributed by atoms with Gasteiger partial charge in [0, 0.05) is 31.3 Å². The summed E-state index contributed by atoms with van der Waals surface area (Å²) < 4.78 is 8.54. The van der Waals surface area contributed by atoms with Gasteiger partial charge in [-0.05, 0) is 31.9 Å². The standard InChI is InChI=1S/C18H20N6O3/c1-12-13(16(26)22-7-4-18(10-22)5-8-27-11-18)9-19-24(12)17-20-15(25)14-3-2-6-23(14)21-17/h2-3,6,9H,4-5,7-8,10-11H2,1H3,(H,20,21,25). The maximum absolute atomic E-state index is 13.0. The molecule has 1 spiro atoms. The van der Waals surface area contributed by atoms with E-state index in [-0.39, 0.29) is 22.8 Å². The van der Waals surface area contributed by atoms with Gasteiger partial charge in [-0.25, -0.2) is 9.20 Å². The van der Waals surface area contributed by atoms with Crippen LogP contribution in [0.25, 0.3) is 11.5 Å². The zero-order valence-corrected chi connectivity index (χ0v) is 15.0. The minimum absolute atomic E-state index is 0.0353. The van der Waals surface area contributed by atoms with Gasteiger partial charge in [0.05, 0.1) is 24.1 Å². The monoisotopic (exact) mass is 368 g/mol. The zero-order valence-electron chi connectivity index (χ0n) is 15.0. The van der Waals surface area contributed by atoms with Crippen molar-refractivity contribution in [3.05, 3.63) is 46.1 Å². The Balaban J connectivity index is 1.46. The topological polar surface area (TPSA) is 97.5 Å². The maximum atomic E-state index is 13.0. The van der Waals surface area contributed by atoms with Crippen LogP contribution >= 0.6 is 0 Å². The first-order chi connectivity index (χ1) is 13.1. The summed E-state index contributed by atoms with van der Waals surface area (Å²) in [6.07, 6.45) is 5.24. The predicted molar refractivity (Wildman–Crippen MR) is 96.1 cm³/mol. The highest BCUT2D eigenvalue weighted by Gasteiger charge is 2.43. The molecule has 5 rings (SSSR count). The summed E-state index contributed by atoms with van der Waals surface area (Å²) in [5.74, 6) is 0.245. The van der Waals surface area contributed by atoms with Crippen LogP contribution in [-0.2, 0) is 4.74 Å². The van der Waals surface area contributed by atoms with Crippen LogP contribution < -0.4 is 5.56 Å². The highest BCUT2D eigenvalue weighted by Crippen LogP contribution is 2.38.